The second-order valence-corrected chi connectivity index (χ2v) is 10.5. The largest absolute Gasteiger partial charge is 0.478 e. The average molecular weight is 651 g/mol. The van der Waals surface area contributed by atoms with E-state index in [0.717, 1.165) is 20.8 Å². The van der Waals surface area contributed by atoms with Crippen LogP contribution in [0.3, 0.4) is 0 Å². The number of carboxylic acids is 1. The van der Waals surface area contributed by atoms with Crippen molar-refractivity contribution in [1.82, 2.24) is 0 Å². The molecular weight excluding hydrogens is 616 g/mol. The molecule has 1 aliphatic rings. The summed E-state index contributed by atoms with van der Waals surface area (Å²) in [5, 5.41) is 9.84. The van der Waals surface area contributed by atoms with Gasteiger partial charge >= 0.3 is 29.8 Å². The standard InChI is InChI=1S/C34H34O13/c1-19(35)41-18-28-30(42-20(2)36)31(43-21(3)37)32(44-22(4)38)34(47-28)46-27-16-9-8-15-26(27)24-13-10-14-25(17-24)45-29(33(39)40)23-11-6-5-7-12-23/h5-17,28-32,34H,18H2,1-4H3,(H,39,40)/t28-,29?,30-,31+,32+,34+/m1/s1. The number of para-hydroxylation sites is 1. The fourth-order valence-corrected chi connectivity index (χ4v) is 4.98. The van der Waals surface area contributed by atoms with E-state index in [1.807, 2.05) is 0 Å². The minimum absolute atomic E-state index is 0.225. The summed E-state index contributed by atoms with van der Waals surface area (Å²) < 4.78 is 39.8. The van der Waals surface area contributed by atoms with Crippen molar-refractivity contribution >= 4 is 29.8 Å². The normalized spacial score (nSPS) is 21.0. The molecule has 13 heteroatoms. The highest BCUT2D eigenvalue weighted by molar-refractivity contribution is 5.76. The lowest BCUT2D eigenvalue weighted by molar-refractivity contribution is -0.288. The van der Waals surface area contributed by atoms with Gasteiger partial charge in [0.15, 0.2) is 12.2 Å². The molecule has 0 amide bonds. The van der Waals surface area contributed by atoms with Gasteiger partial charge < -0.3 is 38.3 Å². The zero-order valence-corrected chi connectivity index (χ0v) is 26.0. The monoisotopic (exact) mass is 650 g/mol. The molecule has 0 saturated carbocycles. The number of hydrogen-bond acceptors (Lipinski definition) is 12. The van der Waals surface area contributed by atoms with Crippen molar-refractivity contribution in [2.75, 3.05) is 6.61 Å². The van der Waals surface area contributed by atoms with E-state index < -0.39 is 73.3 Å². The molecule has 0 bridgehead atoms. The fourth-order valence-electron chi connectivity index (χ4n) is 4.98. The molecule has 1 aliphatic heterocycles. The first kappa shape index (κ1) is 34.4. The summed E-state index contributed by atoms with van der Waals surface area (Å²) in [6.07, 6.45) is -8.09. The van der Waals surface area contributed by atoms with Gasteiger partial charge in [0, 0.05) is 38.8 Å². The zero-order valence-electron chi connectivity index (χ0n) is 26.0. The summed E-state index contributed by atoms with van der Waals surface area (Å²) in [6.45, 7) is 4.15. The van der Waals surface area contributed by atoms with E-state index in [2.05, 4.69) is 0 Å². The van der Waals surface area contributed by atoms with Gasteiger partial charge in [0.2, 0.25) is 18.5 Å². The van der Waals surface area contributed by atoms with Crippen LogP contribution in [0, 0.1) is 0 Å². The summed E-state index contributed by atoms with van der Waals surface area (Å²) in [7, 11) is 0. The smallest absolute Gasteiger partial charge is 0.349 e. The Bertz CT molecular complexity index is 1590. The van der Waals surface area contributed by atoms with Gasteiger partial charge in [-0.1, -0.05) is 60.7 Å². The van der Waals surface area contributed by atoms with E-state index in [4.69, 9.17) is 33.2 Å². The molecule has 3 aromatic rings. The molecule has 0 radical (unpaired) electrons. The van der Waals surface area contributed by atoms with Crippen molar-refractivity contribution in [3.63, 3.8) is 0 Å². The Morgan fingerprint density at radius 2 is 1.34 bits per heavy atom. The molecule has 0 spiro atoms. The Balaban J connectivity index is 1.70. The molecule has 0 aromatic heterocycles. The number of rotatable bonds is 12. The van der Waals surface area contributed by atoms with Crippen molar-refractivity contribution in [1.29, 1.82) is 0 Å². The first-order valence-electron chi connectivity index (χ1n) is 14.5. The van der Waals surface area contributed by atoms with Crippen LogP contribution in [0.15, 0.2) is 78.9 Å². The average Bonchev–Trinajstić information content (AvgIpc) is 3.02. The zero-order chi connectivity index (χ0) is 34.1. The van der Waals surface area contributed by atoms with Crippen LogP contribution in [-0.4, -0.2) is 72.3 Å². The lowest BCUT2D eigenvalue weighted by Crippen LogP contribution is -2.63. The van der Waals surface area contributed by atoms with Crippen LogP contribution in [-0.2, 0) is 47.7 Å². The number of benzene rings is 3. The van der Waals surface area contributed by atoms with Crippen LogP contribution in [0.2, 0.25) is 0 Å². The number of ether oxygens (including phenoxy) is 7. The Hall–Kier alpha value is -5.43. The maximum Gasteiger partial charge on any atom is 0.349 e. The number of carbonyl (C=O) groups is 5. The summed E-state index contributed by atoms with van der Waals surface area (Å²) in [5.41, 5.74) is 1.54. The maximum absolute atomic E-state index is 12.2. The number of aliphatic carboxylic acids is 1. The lowest BCUT2D eigenvalue weighted by atomic mass is 9.98. The fraction of sp³-hybridized carbons (Fsp3) is 0.324. The van der Waals surface area contributed by atoms with Gasteiger partial charge in [-0.3, -0.25) is 19.2 Å². The third-order valence-electron chi connectivity index (χ3n) is 6.80. The third-order valence-corrected chi connectivity index (χ3v) is 6.80. The summed E-state index contributed by atoms with van der Waals surface area (Å²) in [6, 6.07) is 21.9. The molecule has 6 atom stereocenters. The van der Waals surface area contributed by atoms with E-state index in [1.54, 1.807) is 78.9 Å². The van der Waals surface area contributed by atoms with E-state index in [9.17, 15) is 29.1 Å². The van der Waals surface area contributed by atoms with Crippen molar-refractivity contribution in [3.05, 3.63) is 84.4 Å². The number of carbonyl (C=O) groups excluding carboxylic acids is 4. The highest BCUT2D eigenvalue weighted by Gasteiger charge is 2.53. The Labute approximate surface area is 270 Å². The van der Waals surface area contributed by atoms with Gasteiger partial charge in [-0.25, -0.2) is 4.79 Å². The van der Waals surface area contributed by atoms with Crippen LogP contribution in [0.1, 0.15) is 39.4 Å². The second kappa shape index (κ2) is 15.7. The summed E-state index contributed by atoms with van der Waals surface area (Å²) in [5.74, 6) is -3.63. The lowest BCUT2D eigenvalue weighted by Gasteiger charge is -2.44. The summed E-state index contributed by atoms with van der Waals surface area (Å²) >= 11 is 0. The second-order valence-electron chi connectivity index (χ2n) is 10.5. The number of carboxylic acid groups (broad SMARTS) is 1. The minimum Gasteiger partial charge on any atom is -0.478 e. The molecular formula is C34H34O13. The first-order chi connectivity index (χ1) is 22.4. The molecule has 1 N–H and O–H groups in total. The molecule has 47 heavy (non-hydrogen) atoms. The predicted octanol–water partition coefficient (Wildman–Crippen LogP) is 4.02. The Kier molecular flexibility index (Phi) is 11.5. The maximum atomic E-state index is 12.2. The van der Waals surface area contributed by atoms with Crippen LogP contribution in [0.25, 0.3) is 11.1 Å². The van der Waals surface area contributed by atoms with E-state index in [-0.39, 0.29) is 11.5 Å². The van der Waals surface area contributed by atoms with Crippen LogP contribution in [0.5, 0.6) is 11.5 Å². The first-order valence-corrected chi connectivity index (χ1v) is 14.5. The van der Waals surface area contributed by atoms with Gasteiger partial charge in [0.1, 0.15) is 24.2 Å². The highest BCUT2D eigenvalue weighted by Crippen LogP contribution is 2.37. The number of esters is 4. The van der Waals surface area contributed by atoms with E-state index >= 15 is 0 Å². The predicted molar refractivity (Wildman–Crippen MR) is 162 cm³/mol. The SMILES string of the molecule is CC(=O)OC[C@H]1O[C@H](Oc2ccccc2-c2cccc(OC(C(=O)O)c3ccccc3)c2)[C@@H](OC(C)=O)[C@@H](OC(C)=O)[C@@H]1OC(C)=O. The van der Waals surface area contributed by atoms with Crippen molar-refractivity contribution in [2.24, 2.45) is 0 Å². The molecule has 1 unspecified atom stereocenters. The number of hydrogen-bond donors (Lipinski definition) is 1. The Morgan fingerprint density at radius 3 is 1.98 bits per heavy atom. The van der Waals surface area contributed by atoms with Gasteiger partial charge in [0.25, 0.3) is 0 Å². The molecule has 248 valence electrons. The van der Waals surface area contributed by atoms with Crippen molar-refractivity contribution in [3.8, 4) is 22.6 Å². The summed E-state index contributed by atoms with van der Waals surface area (Å²) in [4.78, 5) is 60.1. The molecule has 0 aliphatic carbocycles. The van der Waals surface area contributed by atoms with Crippen molar-refractivity contribution in [2.45, 2.75) is 64.5 Å². The third kappa shape index (κ3) is 9.30. The van der Waals surface area contributed by atoms with Crippen LogP contribution >= 0.6 is 0 Å². The topological polar surface area (TPSA) is 170 Å². The van der Waals surface area contributed by atoms with Crippen LogP contribution < -0.4 is 9.47 Å². The van der Waals surface area contributed by atoms with Gasteiger partial charge in [-0.15, -0.1) is 0 Å². The molecule has 4 rings (SSSR count). The van der Waals surface area contributed by atoms with E-state index in [0.29, 0.717) is 16.7 Å². The van der Waals surface area contributed by atoms with Gasteiger partial charge in [-0.05, 0) is 23.8 Å². The highest BCUT2D eigenvalue weighted by atomic mass is 16.7. The molecule has 1 saturated heterocycles. The molecule has 3 aromatic carbocycles. The van der Waals surface area contributed by atoms with Gasteiger partial charge in [0.05, 0.1) is 0 Å². The Morgan fingerprint density at radius 1 is 0.723 bits per heavy atom. The van der Waals surface area contributed by atoms with Crippen molar-refractivity contribution < 1.29 is 62.2 Å². The minimum atomic E-state index is -1.45. The van der Waals surface area contributed by atoms with E-state index in [1.165, 1.54) is 6.92 Å². The van der Waals surface area contributed by atoms with Crippen LogP contribution in [0.4, 0.5) is 0 Å². The quantitative estimate of drug-likeness (QED) is 0.220. The van der Waals surface area contributed by atoms with Gasteiger partial charge in [-0.2, -0.15) is 0 Å². The molecule has 1 fully saturated rings. The molecule has 1 heterocycles. The molecule has 13 nitrogen and oxygen atoms in total.